The third-order valence-electron chi connectivity index (χ3n) is 4.92. The number of likely N-dealkylation sites (tertiary alicyclic amines) is 1. The molecule has 1 atom stereocenters. The van der Waals surface area contributed by atoms with Crippen molar-refractivity contribution in [3.8, 4) is 0 Å². The van der Waals surface area contributed by atoms with Gasteiger partial charge in [0.25, 0.3) is 5.91 Å². The smallest absolute Gasteiger partial charge is 0.274 e. The summed E-state index contributed by atoms with van der Waals surface area (Å²) in [6.45, 7) is 0.493. The van der Waals surface area contributed by atoms with Gasteiger partial charge >= 0.3 is 0 Å². The molecule has 0 saturated carbocycles. The normalized spacial score (nSPS) is 16.6. The van der Waals surface area contributed by atoms with E-state index in [2.05, 4.69) is 15.3 Å². The highest BCUT2D eigenvalue weighted by molar-refractivity contribution is 6.42. The van der Waals surface area contributed by atoms with Crippen LogP contribution in [0.5, 0.6) is 0 Å². The molecule has 1 unspecified atom stereocenters. The van der Waals surface area contributed by atoms with Gasteiger partial charge in [0.1, 0.15) is 11.7 Å². The molecule has 2 aromatic carbocycles. The van der Waals surface area contributed by atoms with Crippen LogP contribution in [0.15, 0.2) is 48.7 Å². The SMILES string of the molecule is O=C(Nc1ccc(Cl)c(Cl)c1)C1CCCCN1C(=O)c1cnc2ccccc2n1. The zero-order valence-electron chi connectivity index (χ0n) is 15.4. The van der Waals surface area contributed by atoms with Crippen LogP contribution in [0, 0.1) is 0 Å². The van der Waals surface area contributed by atoms with Crippen LogP contribution in [0.4, 0.5) is 5.69 Å². The Labute approximate surface area is 177 Å². The summed E-state index contributed by atoms with van der Waals surface area (Å²) in [6.07, 6.45) is 3.75. The minimum absolute atomic E-state index is 0.234. The molecule has 1 saturated heterocycles. The molecule has 0 radical (unpaired) electrons. The Morgan fingerprint density at radius 1 is 1.03 bits per heavy atom. The Bertz CT molecular complexity index is 1090. The van der Waals surface area contributed by atoms with Gasteiger partial charge in [-0.2, -0.15) is 0 Å². The van der Waals surface area contributed by atoms with Gasteiger partial charge in [-0.05, 0) is 49.6 Å². The third-order valence-corrected chi connectivity index (χ3v) is 5.66. The van der Waals surface area contributed by atoms with Gasteiger partial charge in [0, 0.05) is 12.2 Å². The van der Waals surface area contributed by atoms with Crippen molar-refractivity contribution in [2.24, 2.45) is 0 Å². The van der Waals surface area contributed by atoms with E-state index in [1.165, 1.54) is 6.20 Å². The Hall–Kier alpha value is -2.70. The van der Waals surface area contributed by atoms with E-state index in [1.807, 2.05) is 24.3 Å². The number of anilines is 1. The lowest BCUT2D eigenvalue weighted by Gasteiger charge is -2.34. The Balaban J connectivity index is 1.56. The first-order valence-electron chi connectivity index (χ1n) is 9.31. The van der Waals surface area contributed by atoms with Gasteiger partial charge in [0.2, 0.25) is 5.91 Å². The van der Waals surface area contributed by atoms with Crippen LogP contribution in [0.2, 0.25) is 10.0 Å². The minimum atomic E-state index is -0.584. The monoisotopic (exact) mass is 428 g/mol. The van der Waals surface area contributed by atoms with E-state index < -0.39 is 6.04 Å². The number of benzene rings is 2. The first-order chi connectivity index (χ1) is 14.0. The molecule has 1 fully saturated rings. The lowest BCUT2D eigenvalue weighted by atomic mass is 10.0. The number of nitrogens with one attached hydrogen (secondary N) is 1. The van der Waals surface area contributed by atoms with Crippen molar-refractivity contribution in [3.05, 3.63) is 64.4 Å². The predicted molar refractivity (Wildman–Crippen MR) is 113 cm³/mol. The summed E-state index contributed by atoms with van der Waals surface area (Å²) in [4.78, 5) is 36.3. The van der Waals surface area contributed by atoms with Crippen LogP contribution in [0.3, 0.4) is 0 Å². The number of hydrogen-bond acceptors (Lipinski definition) is 4. The van der Waals surface area contributed by atoms with Gasteiger partial charge in [-0.1, -0.05) is 35.3 Å². The summed E-state index contributed by atoms with van der Waals surface area (Å²) in [6, 6.07) is 11.7. The van der Waals surface area contributed by atoms with E-state index in [-0.39, 0.29) is 17.5 Å². The van der Waals surface area contributed by atoms with Gasteiger partial charge in [0.05, 0.1) is 27.3 Å². The van der Waals surface area contributed by atoms with E-state index in [0.29, 0.717) is 34.2 Å². The van der Waals surface area contributed by atoms with Crippen LogP contribution < -0.4 is 5.32 Å². The van der Waals surface area contributed by atoms with Crippen LogP contribution in [-0.4, -0.2) is 39.3 Å². The number of rotatable bonds is 3. The molecule has 1 N–H and O–H groups in total. The number of hydrogen-bond donors (Lipinski definition) is 1. The molecular formula is C21H18Cl2N4O2. The molecule has 0 aliphatic carbocycles. The van der Waals surface area contributed by atoms with Gasteiger partial charge in [-0.15, -0.1) is 0 Å². The topological polar surface area (TPSA) is 75.2 Å². The van der Waals surface area contributed by atoms with E-state index >= 15 is 0 Å². The number of fused-ring (bicyclic) bond motifs is 1. The van der Waals surface area contributed by atoms with Crippen LogP contribution >= 0.6 is 23.2 Å². The summed E-state index contributed by atoms with van der Waals surface area (Å²) in [7, 11) is 0. The maximum absolute atomic E-state index is 13.1. The molecule has 4 rings (SSSR count). The fourth-order valence-corrected chi connectivity index (χ4v) is 3.75. The Morgan fingerprint density at radius 2 is 1.83 bits per heavy atom. The van der Waals surface area contributed by atoms with E-state index in [0.717, 1.165) is 18.4 Å². The minimum Gasteiger partial charge on any atom is -0.325 e. The molecule has 3 aromatic rings. The van der Waals surface area contributed by atoms with E-state index in [9.17, 15) is 9.59 Å². The highest BCUT2D eigenvalue weighted by Gasteiger charge is 2.33. The fourth-order valence-electron chi connectivity index (χ4n) is 3.45. The maximum Gasteiger partial charge on any atom is 0.274 e. The zero-order chi connectivity index (χ0) is 20.4. The van der Waals surface area contributed by atoms with Gasteiger partial charge in [-0.25, -0.2) is 4.98 Å². The maximum atomic E-state index is 13.1. The number of carbonyl (C=O) groups is 2. The number of amides is 2. The Morgan fingerprint density at radius 3 is 2.62 bits per heavy atom. The molecule has 1 aromatic heterocycles. The molecule has 1 aliphatic heterocycles. The van der Waals surface area contributed by atoms with Crippen LogP contribution in [-0.2, 0) is 4.79 Å². The van der Waals surface area contributed by atoms with Crippen molar-refractivity contribution in [2.75, 3.05) is 11.9 Å². The third kappa shape index (κ3) is 4.18. The van der Waals surface area contributed by atoms with Crippen molar-refractivity contribution >= 4 is 51.7 Å². The first-order valence-corrected chi connectivity index (χ1v) is 10.1. The first kappa shape index (κ1) is 19.6. The number of para-hydroxylation sites is 2. The van der Waals surface area contributed by atoms with Gasteiger partial charge < -0.3 is 10.2 Å². The average molecular weight is 429 g/mol. The van der Waals surface area contributed by atoms with Crippen LogP contribution in [0.25, 0.3) is 11.0 Å². The summed E-state index contributed by atoms with van der Waals surface area (Å²) >= 11 is 12.0. The molecular weight excluding hydrogens is 411 g/mol. The molecule has 0 bridgehead atoms. The number of aromatic nitrogens is 2. The molecule has 2 heterocycles. The summed E-state index contributed by atoms with van der Waals surface area (Å²) in [5, 5.41) is 3.60. The largest absolute Gasteiger partial charge is 0.325 e. The summed E-state index contributed by atoms with van der Waals surface area (Å²) in [5.41, 5.74) is 2.13. The van der Waals surface area contributed by atoms with E-state index in [1.54, 1.807) is 23.1 Å². The second kappa shape index (κ2) is 8.35. The molecule has 6 nitrogen and oxygen atoms in total. The lowest BCUT2D eigenvalue weighted by Crippen LogP contribution is -2.50. The highest BCUT2D eigenvalue weighted by atomic mass is 35.5. The standard InChI is InChI=1S/C21H18Cl2N4O2/c22-14-9-8-13(11-15(14)23)25-20(28)19-7-3-4-10-27(19)21(29)18-12-24-16-5-1-2-6-17(16)26-18/h1-2,5-6,8-9,11-12,19H,3-4,7,10H2,(H,25,28). The summed E-state index contributed by atoms with van der Waals surface area (Å²) in [5.74, 6) is -0.553. The molecule has 8 heteroatoms. The van der Waals surface area contributed by atoms with Crippen molar-refractivity contribution in [3.63, 3.8) is 0 Å². The second-order valence-corrected chi connectivity index (χ2v) is 7.69. The average Bonchev–Trinajstić information content (AvgIpc) is 2.75. The Kier molecular flexibility index (Phi) is 5.65. The zero-order valence-corrected chi connectivity index (χ0v) is 17.0. The van der Waals surface area contributed by atoms with Crippen molar-refractivity contribution in [2.45, 2.75) is 25.3 Å². The lowest BCUT2D eigenvalue weighted by molar-refractivity contribution is -0.121. The molecule has 148 valence electrons. The number of nitrogens with zero attached hydrogens (tertiary/aromatic N) is 3. The van der Waals surface area contributed by atoms with E-state index in [4.69, 9.17) is 23.2 Å². The molecule has 0 spiro atoms. The number of piperidine rings is 1. The molecule has 1 aliphatic rings. The quantitative estimate of drug-likeness (QED) is 0.662. The van der Waals surface area contributed by atoms with Gasteiger partial charge in [0.15, 0.2) is 0 Å². The predicted octanol–water partition coefficient (Wildman–Crippen LogP) is 4.57. The second-order valence-electron chi connectivity index (χ2n) is 6.87. The molecule has 29 heavy (non-hydrogen) atoms. The van der Waals surface area contributed by atoms with Crippen molar-refractivity contribution < 1.29 is 9.59 Å². The van der Waals surface area contributed by atoms with Crippen molar-refractivity contribution in [1.82, 2.24) is 14.9 Å². The highest BCUT2D eigenvalue weighted by Crippen LogP contribution is 2.26. The van der Waals surface area contributed by atoms with Crippen LogP contribution in [0.1, 0.15) is 29.8 Å². The van der Waals surface area contributed by atoms with Crippen molar-refractivity contribution in [1.29, 1.82) is 0 Å². The number of carbonyl (C=O) groups excluding carboxylic acids is 2. The summed E-state index contributed by atoms with van der Waals surface area (Å²) < 4.78 is 0. The number of halogens is 2. The molecule has 2 amide bonds. The fraction of sp³-hybridized carbons (Fsp3) is 0.238. The van der Waals surface area contributed by atoms with Gasteiger partial charge in [-0.3, -0.25) is 14.6 Å².